The second kappa shape index (κ2) is 11.5. The van der Waals surface area contributed by atoms with Gasteiger partial charge in [-0.15, -0.1) is 0 Å². The van der Waals surface area contributed by atoms with E-state index in [-0.39, 0.29) is 35.6 Å². The zero-order valence-corrected chi connectivity index (χ0v) is 22.8. The molecule has 1 unspecified atom stereocenters. The quantitative estimate of drug-likeness (QED) is 0.210. The van der Waals surface area contributed by atoms with Crippen molar-refractivity contribution in [3.05, 3.63) is 93.5 Å². The van der Waals surface area contributed by atoms with Crippen molar-refractivity contribution in [3.8, 4) is 11.4 Å². The van der Waals surface area contributed by atoms with Gasteiger partial charge in [-0.25, -0.2) is 9.78 Å². The van der Waals surface area contributed by atoms with Crippen molar-refractivity contribution in [2.75, 3.05) is 18.1 Å². The van der Waals surface area contributed by atoms with Crippen molar-refractivity contribution in [2.24, 2.45) is 0 Å². The lowest BCUT2D eigenvalue weighted by atomic mass is 10.00. The van der Waals surface area contributed by atoms with E-state index < -0.39 is 24.6 Å². The van der Waals surface area contributed by atoms with E-state index >= 15 is 0 Å². The molecule has 6 rings (SSSR count). The molecule has 4 aromatic rings. The highest BCUT2D eigenvalue weighted by molar-refractivity contribution is 7.99. The van der Waals surface area contributed by atoms with Crippen LogP contribution >= 0.6 is 11.8 Å². The van der Waals surface area contributed by atoms with E-state index in [9.17, 15) is 19.2 Å². The average molecular weight is 571 g/mol. The summed E-state index contributed by atoms with van der Waals surface area (Å²) in [6.45, 7) is -0.260. The Morgan fingerprint density at radius 2 is 1.93 bits per heavy atom. The molecule has 0 aliphatic carbocycles. The molecule has 3 aromatic heterocycles. The Kier molecular flexibility index (Phi) is 7.51. The number of nitrogens with zero attached hydrogens (tertiary/aromatic N) is 3. The van der Waals surface area contributed by atoms with Crippen molar-refractivity contribution in [2.45, 2.75) is 32.1 Å². The van der Waals surface area contributed by atoms with Crippen LogP contribution in [0.4, 0.5) is 0 Å². The third kappa shape index (κ3) is 5.58. The maximum atomic E-state index is 13.4. The predicted octanol–water partition coefficient (Wildman–Crippen LogP) is 2.94. The van der Waals surface area contributed by atoms with Gasteiger partial charge in [-0.05, 0) is 48.1 Å². The molecule has 10 nitrogen and oxygen atoms in total. The minimum Gasteiger partial charge on any atom is -0.458 e. The van der Waals surface area contributed by atoms with Gasteiger partial charge in [0, 0.05) is 41.1 Å². The molecule has 208 valence electrons. The fourth-order valence-corrected chi connectivity index (χ4v) is 5.92. The van der Waals surface area contributed by atoms with E-state index in [2.05, 4.69) is 10.3 Å². The first kappa shape index (κ1) is 26.7. The number of para-hydroxylation sites is 1. The summed E-state index contributed by atoms with van der Waals surface area (Å²) in [6, 6.07) is 15.3. The van der Waals surface area contributed by atoms with E-state index in [1.807, 2.05) is 42.5 Å². The Labute approximate surface area is 239 Å². The zero-order chi connectivity index (χ0) is 28.3. The molecule has 1 amide bonds. The molecule has 5 heterocycles. The van der Waals surface area contributed by atoms with Crippen molar-refractivity contribution in [1.82, 2.24) is 19.9 Å². The van der Waals surface area contributed by atoms with Crippen LogP contribution in [0, 0.1) is 0 Å². The Morgan fingerprint density at radius 3 is 2.78 bits per heavy atom. The maximum Gasteiger partial charge on any atom is 0.352 e. The molecule has 11 heteroatoms. The smallest absolute Gasteiger partial charge is 0.352 e. The van der Waals surface area contributed by atoms with E-state index in [1.165, 1.54) is 5.56 Å². The van der Waals surface area contributed by atoms with Gasteiger partial charge in [0.25, 0.3) is 5.56 Å². The Morgan fingerprint density at radius 1 is 1.10 bits per heavy atom. The first-order valence-electron chi connectivity index (χ1n) is 13.2. The van der Waals surface area contributed by atoms with Crippen LogP contribution in [-0.4, -0.2) is 50.4 Å². The summed E-state index contributed by atoms with van der Waals surface area (Å²) in [5.74, 6) is -0.396. The number of esters is 2. The Hall–Kier alpha value is -4.51. The number of aryl methyl sites for hydroxylation is 1. The highest BCUT2D eigenvalue weighted by Gasteiger charge is 2.37. The number of hydrogen-bond acceptors (Lipinski definition) is 9. The standard InChI is InChI=1S/C30H26N4O6S/c35-25(8-12-41-11-7-18-5-9-31-10-6-18)32-15-26(36)40-28-21-14-24-27-20(13-19-3-1-2-4-23(19)33-27)16-34(24)29(37)22(21)17-39-30(28)38/h1-6,9-10,13-14,28H,7-8,11-12,15-17H2,(H,32,35). The first-order chi connectivity index (χ1) is 20.0. The van der Waals surface area contributed by atoms with E-state index in [1.54, 1.807) is 34.8 Å². The molecule has 41 heavy (non-hydrogen) atoms. The molecular formula is C30H26N4O6S. The van der Waals surface area contributed by atoms with Gasteiger partial charge in [-0.2, -0.15) is 11.8 Å². The summed E-state index contributed by atoms with van der Waals surface area (Å²) in [4.78, 5) is 59.6. The van der Waals surface area contributed by atoms with Gasteiger partial charge in [-0.3, -0.25) is 19.4 Å². The van der Waals surface area contributed by atoms with Gasteiger partial charge in [0.15, 0.2) is 0 Å². The second-order valence-electron chi connectivity index (χ2n) is 9.77. The molecule has 0 radical (unpaired) electrons. The summed E-state index contributed by atoms with van der Waals surface area (Å²) >= 11 is 1.64. The van der Waals surface area contributed by atoms with Crippen LogP contribution in [0.2, 0.25) is 0 Å². The van der Waals surface area contributed by atoms with Gasteiger partial charge < -0.3 is 19.4 Å². The molecule has 0 bridgehead atoms. The van der Waals surface area contributed by atoms with Gasteiger partial charge in [0.1, 0.15) is 13.2 Å². The molecular weight excluding hydrogens is 544 g/mol. The van der Waals surface area contributed by atoms with E-state index in [0.717, 1.165) is 28.6 Å². The molecule has 2 aliphatic rings. The molecule has 2 aliphatic heterocycles. The number of benzene rings is 1. The summed E-state index contributed by atoms with van der Waals surface area (Å²) in [7, 11) is 0. The lowest BCUT2D eigenvalue weighted by Gasteiger charge is -2.25. The number of carbonyl (C=O) groups excluding carboxylic acids is 3. The maximum absolute atomic E-state index is 13.4. The SMILES string of the molecule is O=C(CCSCCc1ccncc1)NCC(=O)OC1C(=O)OCc2c1cc1n(c2=O)Cc2cc3ccccc3nc2-1. The third-order valence-corrected chi connectivity index (χ3v) is 8.09. The highest BCUT2D eigenvalue weighted by atomic mass is 32.2. The number of nitrogens with one attached hydrogen (secondary N) is 1. The normalized spacial score (nSPS) is 15.0. The zero-order valence-electron chi connectivity index (χ0n) is 22.0. The van der Waals surface area contributed by atoms with Crippen LogP contribution in [0.5, 0.6) is 0 Å². The van der Waals surface area contributed by atoms with Crippen LogP contribution in [0.1, 0.15) is 34.8 Å². The minimum atomic E-state index is -1.41. The van der Waals surface area contributed by atoms with Crippen molar-refractivity contribution in [1.29, 1.82) is 0 Å². The number of thioether (sulfide) groups is 1. The molecule has 0 fully saturated rings. The Bertz CT molecular complexity index is 1720. The minimum absolute atomic E-state index is 0.206. The van der Waals surface area contributed by atoms with Crippen molar-refractivity contribution >= 4 is 40.5 Å². The van der Waals surface area contributed by atoms with Crippen molar-refractivity contribution in [3.63, 3.8) is 0 Å². The third-order valence-electron chi connectivity index (χ3n) is 7.10. The number of ether oxygens (including phenoxy) is 2. The summed E-state index contributed by atoms with van der Waals surface area (Å²) in [6.07, 6.45) is 3.22. The molecule has 0 saturated heterocycles. The molecule has 1 N–H and O–H groups in total. The van der Waals surface area contributed by atoms with Crippen LogP contribution in [-0.2, 0) is 43.4 Å². The summed E-state index contributed by atoms with van der Waals surface area (Å²) in [5, 5.41) is 3.50. The largest absolute Gasteiger partial charge is 0.458 e. The van der Waals surface area contributed by atoms with Crippen LogP contribution in [0.15, 0.2) is 65.7 Å². The number of cyclic esters (lactones) is 1. The lowest BCUT2D eigenvalue weighted by molar-refractivity contribution is -0.171. The number of hydrogen-bond donors (Lipinski definition) is 1. The van der Waals surface area contributed by atoms with E-state index in [0.29, 0.717) is 23.7 Å². The van der Waals surface area contributed by atoms with Gasteiger partial charge in [-0.1, -0.05) is 18.2 Å². The fraction of sp³-hybridized carbons (Fsp3) is 0.267. The van der Waals surface area contributed by atoms with Crippen LogP contribution in [0.25, 0.3) is 22.3 Å². The molecule has 0 saturated carbocycles. The van der Waals surface area contributed by atoms with Gasteiger partial charge >= 0.3 is 11.9 Å². The molecule has 1 atom stereocenters. The summed E-state index contributed by atoms with van der Waals surface area (Å²) in [5.41, 5.74) is 4.30. The van der Waals surface area contributed by atoms with Gasteiger partial charge in [0.2, 0.25) is 12.0 Å². The summed E-state index contributed by atoms with van der Waals surface area (Å²) < 4.78 is 12.2. The number of amides is 1. The monoisotopic (exact) mass is 570 g/mol. The number of pyridine rings is 3. The predicted molar refractivity (Wildman–Crippen MR) is 152 cm³/mol. The van der Waals surface area contributed by atoms with Crippen molar-refractivity contribution < 1.29 is 23.9 Å². The molecule has 0 spiro atoms. The Balaban J connectivity index is 1.09. The van der Waals surface area contributed by atoms with Gasteiger partial charge in [0.05, 0.1) is 29.0 Å². The topological polar surface area (TPSA) is 129 Å². The highest BCUT2D eigenvalue weighted by Crippen LogP contribution is 2.36. The average Bonchev–Trinajstić information content (AvgIpc) is 3.34. The number of fused-ring (bicyclic) bond motifs is 5. The molecule has 1 aromatic carbocycles. The fourth-order valence-electron chi connectivity index (χ4n) is 5.01. The van der Waals surface area contributed by atoms with Crippen LogP contribution in [0.3, 0.4) is 0 Å². The number of carbonyl (C=O) groups is 3. The lowest BCUT2D eigenvalue weighted by Crippen LogP contribution is -2.37. The number of rotatable bonds is 9. The second-order valence-corrected chi connectivity index (χ2v) is 11.0. The van der Waals surface area contributed by atoms with Crippen LogP contribution < -0.4 is 10.9 Å². The first-order valence-corrected chi connectivity index (χ1v) is 14.4. The van der Waals surface area contributed by atoms with E-state index in [4.69, 9.17) is 14.5 Å². The number of aromatic nitrogens is 3.